The van der Waals surface area contributed by atoms with E-state index in [2.05, 4.69) is 0 Å². The van der Waals surface area contributed by atoms with Gasteiger partial charge in [-0.1, -0.05) is 0 Å². The van der Waals surface area contributed by atoms with Gasteiger partial charge in [0.1, 0.15) is 6.10 Å². The second-order valence-electron chi connectivity index (χ2n) is 3.96. The molecule has 2 unspecified atom stereocenters. The van der Waals surface area contributed by atoms with Crippen LogP contribution in [0.1, 0.15) is 19.8 Å². The highest BCUT2D eigenvalue weighted by Gasteiger charge is 2.42. The summed E-state index contributed by atoms with van der Waals surface area (Å²) in [6.45, 7) is 2.17. The van der Waals surface area contributed by atoms with Gasteiger partial charge in [0.15, 0.2) is 0 Å². The molecule has 1 fully saturated rings. The van der Waals surface area contributed by atoms with Crippen LogP contribution in [-0.2, 0) is 4.74 Å². The smallest absolute Gasteiger partial charge is 0.273 e. The second kappa shape index (κ2) is 3.88. The molecule has 1 heterocycles. The van der Waals surface area contributed by atoms with E-state index in [9.17, 15) is 8.78 Å². The first-order valence-corrected chi connectivity index (χ1v) is 4.60. The molecule has 0 saturated carbocycles. The highest BCUT2D eigenvalue weighted by Crippen LogP contribution is 2.33. The molecule has 0 aromatic heterocycles. The van der Waals surface area contributed by atoms with E-state index in [1.807, 2.05) is 19.0 Å². The Balaban J connectivity index is 2.42. The zero-order chi connectivity index (χ0) is 10.1. The summed E-state index contributed by atoms with van der Waals surface area (Å²) >= 11 is 0. The summed E-state index contributed by atoms with van der Waals surface area (Å²) in [5.41, 5.74) is 0. The summed E-state index contributed by atoms with van der Waals surface area (Å²) < 4.78 is 31.2. The van der Waals surface area contributed by atoms with Crippen molar-refractivity contribution in [3.05, 3.63) is 0 Å². The van der Waals surface area contributed by atoms with Crippen LogP contribution in [0, 0.1) is 0 Å². The lowest BCUT2D eigenvalue weighted by Crippen LogP contribution is -2.45. The number of halogens is 2. The van der Waals surface area contributed by atoms with Crippen LogP contribution in [0.5, 0.6) is 0 Å². The van der Waals surface area contributed by atoms with Crippen LogP contribution in [0.15, 0.2) is 0 Å². The maximum Gasteiger partial charge on any atom is 0.273 e. The summed E-state index contributed by atoms with van der Waals surface area (Å²) in [5, 5.41) is 0. The number of alkyl halides is 2. The van der Waals surface area contributed by atoms with E-state index in [-0.39, 0.29) is 12.5 Å². The third-order valence-electron chi connectivity index (χ3n) is 2.36. The molecule has 0 aromatic carbocycles. The van der Waals surface area contributed by atoms with Crippen LogP contribution in [0.25, 0.3) is 0 Å². The van der Waals surface area contributed by atoms with Crippen LogP contribution < -0.4 is 0 Å². The number of likely N-dealkylation sites (N-methyl/N-ethyl adjacent to an activating group) is 1. The molecule has 78 valence electrons. The molecule has 2 nitrogen and oxygen atoms in total. The van der Waals surface area contributed by atoms with Crippen LogP contribution >= 0.6 is 0 Å². The standard InChI is InChI=1S/C9H17F2NO/c1-7-9(10,11)5-4-8(13-7)6-12(2)3/h7-8H,4-6H2,1-3H3. The Morgan fingerprint density at radius 2 is 2.08 bits per heavy atom. The van der Waals surface area contributed by atoms with E-state index in [0.717, 1.165) is 6.54 Å². The van der Waals surface area contributed by atoms with Gasteiger partial charge < -0.3 is 9.64 Å². The van der Waals surface area contributed by atoms with Gasteiger partial charge in [-0.25, -0.2) is 8.78 Å². The SMILES string of the molecule is CC1OC(CN(C)C)CCC1(F)F. The van der Waals surface area contributed by atoms with Gasteiger partial charge >= 0.3 is 0 Å². The Morgan fingerprint density at radius 1 is 1.46 bits per heavy atom. The number of nitrogens with zero attached hydrogens (tertiary/aromatic N) is 1. The van der Waals surface area contributed by atoms with Gasteiger partial charge in [-0.05, 0) is 27.4 Å². The fraction of sp³-hybridized carbons (Fsp3) is 1.00. The van der Waals surface area contributed by atoms with Crippen LogP contribution in [0.2, 0.25) is 0 Å². The van der Waals surface area contributed by atoms with Crippen molar-refractivity contribution < 1.29 is 13.5 Å². The van der Waals surface area contributed by atoms with Crippen molar-refractivity contribution in [3.63, 3.8) is 0 Å². The molecular formula is C9H17F2NO. The minimum atomic E-state index is -2.64. The summed E-state index contributed by atoms with van der Waals surface area (Å²) in [6.07, 6.45) is -0.571. The lowest BCUT2D eigenvalue weighted by molar-refractivity contribution is -0.193. The highest BCUT2D eigenvalue weighted by molar-refractivity contribution is 4.83. The predicted octanol–water partition coefficient (Wildman–Crippen LogP) is 1.75. The molecular weight excluding hydrogens is 176 g/mol. The molecule has 13 heavy (non-hydrogen) atoms. The largest absolute Gasteiger partial charge is 0.368 e. The average Bonchev–Trinajstić information content (AvgIpc) is 1.97. The van der Waals surface area contributed by atoms with Gasteiger partial charge in [0.25, 0.3) is 5.92 Å². The normalized spacial score (nSPS) is 33.7. The summed E-state index contributed by atoms with van der Waals surface area (Å²) in [6, 6.07) is 0. The molecule has 0 aromatic rings. The molecule has 1 saturated heterocycles. The maximum absolute atomic E-state index is 13.0. The molecule has 0 aliphatic carbocycles. The van der Waals surface area contributed by atoms with Crippen molar-refractivity contribution in [2.75, 3.05) is 20.6 Å². The van der Waals surface area contributed by atoms with Gasteiger partial charge in [0, 0.05) is 13.0 Å². The molecule has 0 N–H and O–H groups in total. The molecule has 0 radical (unpaired) electrons. The van der Waals surface area contributed by atoms with Gasteiger partial charge in [0.2, 0.25) is 0 Å². The van der Waals surface area contributed by atoms with Crippen molar-refractivity contribution in [1.29, 1.82) is 0 Å². The third kappa shape index (κ3) is 2.88. The molecule has 0 amide bonds. The van der Waals surface area contributed by atoms with E-state index in [1.165, 1.54) is 6.92 Å². The van der Waals surface area contributed by atoms with Gasteiger partial charge in [-0.2, -0.15) is 0 Å². The second-order valence-corrected chi connectivity index (χ2v) is 3.96. The van der Waals surface area contributed by atoms with Gasteiger partial charge in [-0.15, -0.1) is 0 Å². The monoisotopic (exact) mass is 193 g/mol. The maximum atomic E-state index is 13.0. The fourth-order valence-electron chi connectivity index (χ4n) is 1.55. The van der Waals surface area contributed by atoms with E-state index >= 15 is 0 Å². The van der Waals surface area contributed by atoms with Crippen molar-refractivity contribution >= 4 is 0 Å². The van der Waals surface area contributed by atoms with Gasteiger partial charge in [-0.3, -0.25) is 0 Å². The van der Waals surface area contributed by atoms with E-state index in [0.29, 0.717) is 6.42 Å². The van der Waals surface area contributed by atoms with E-state index in [4.69, 9.17) is 4.74 Å². The molecule has 0 spiro atoms. The topological polar surface area (TPSA) is 12.5 Å². The lowest BCUT2D eigenvalue weighted by Gasteiger charge is -2.35. The first-order chi connectivity index (χ1) is 5.92. The summed E-state index contributed by atoms with van der Waals surface area (Å²) in [4.78, 5) is 1.96. The fourth-order valence-corrected chi connectivity index (χ4v) is 1.55. The molecule has 1 aliphatic rings. The predicted molar refractivity (Wildman–Crippen MR) is 47.1 cm³/mol. The Morgan fingerprint density at radius 3 is 2.54 bits per heavy atom. The zero-order valence-corrected chi connectivity index (χ0v) is 8.39. The number of hydrogen-bond acceptors (Lipinski definition) is 2. The van der Waals surface area contributed by atoms with E-state index < -0.39 is 12.0 Å². The first kappa shape index (κ1) is 10.9. The molecule has 1 rings (SSSR count). The Bertz CT molecular complexity index is 173. The Kier molecular flexibility index (Phi) is 3.24. The number of ether oxygens (including phenoxy) is 1. The summed E-state index contributed by atoms with van der Waals surface area (Å²) in [5.74, 6) is -2.64. The average molecular weight is 193 g/mol. The molecule has 0 bridgehead atoms. The third-order valence-corrected chi connectivity index (χ3v) is 2.36. The van der Waals surface area contributed by atoms with Crippen molar-refractivity contribution in [3.8, 4) is 0 Å². The number of rotatable bonds is 2. The molecule has 1 aliphatic heterocycles. The van der Waals surface area contributed by atoms with Crippen molar-refractivity contribution in [1.82, 2.24) is 4.90 Å². The van der Waals surface area contributed by atoms with Crippen LogP contribution in [-0.4, -0.2) is 43.7 Å². The Labute approximate surface area is 77.9 Å². The lowest BCUT2D eigenvalue weighted by atomic mass is 10.0. The van der Waals surface area contributed by atoms with Crippen molar-refractivity contribution in [2.24, 2.45) is 0 Å². The van der Waals surface area contributed by atoms with Crippen LogP contribution in [0.3, 0.4) is 0 Å². The molecule has 4 heteroatoms. The quantitative estimate of drug-likeness (QED) is 0.662. The first-order valence-electron chi connectivity index (χ1n) is 4.60. The Hall–Kier alpha value is -0.220. The minimum Gasteiger partial charge on any atom is -0.368 e. The summed E-state index contributed by atoms with van der Waals surface area (Å²) in [7, 11) is 3.83. The molecule has 2 atom stereocenters. The number of hydrogen-bond donors (Lipinski definition) is 0. The van der Waals surface area contributed by atoms with Crippen molar-refractivity contribution in [2.45, 2.75) is 37.9 Å². The zero-order valence-electron chi connectivity index (χ0n) is 8.39. The van der Waals surface area contributed by atoms with E-state index in [1.54, 1.807) is 0 Å². The van der Waals surface area contributed by atoms with Crippen LogP contribution in [0.4, 0.5) is 8.78 Å². The van der Waals surface area contributed by atoms with Gasteiger partial charge in [0.05, 0.1) is 6.10 Å². The highest BCUT2D eigenvalue weighted by atomic mass is 19.3. The minimum absolute atomic E-state index is 0.0374.